The van der Waals surface area contributed by atoms with E-state index in [1.807, 2.05) is 30.3 Å². The number of halogens is 2. The second-order valence-electron chi connectivity index (χ2n) is 7.56. The molecule has 1 aromatic rings. The number of alkyl halides is 2. The molecule has 0 spiro atoms. The maximum absolute atomic E-state index is 12.6. The van der Waals surface area contributed by atoms with Crippen molar-refractivity contribution in [2.45, 2.75) is 38.2 Å². The van der Waals surface area contributed by atoms with E-state index in [1.165, 1.54) is 0 Å². The van der Waals surface area contributed by atoms with E-state index < -0.39 is 6.43 Å². The molecule has 154 valence electrons. The van der Waals surface area contributed by atoms with Crippen molar-refractivity contribution in [1.82, 2.24) is 15.1 Å². The highest BCUT2D eigenvalue weighted by molar-refractivity contribution is 5.90. The molecule has 2 heterocycles. The summed E-state index contributed by atoms with van der Waals surface area (Å²) in [6.45, 7) is 1.98. The van der Waals surface area contributed by atoms with Gasteiger partial charge in [-0.25, -0.2) is 13.6 Å². The van der Waals surface area contributed by atoms with E-state index in [4.69, 9.17) is 0 Å². The average molecular weight is 394 g/mol. The Hall–Kier alpha value is -2.22. The number of para-hydroxylation sites is 1. The Morgan fingerprint density at radius 1 is 1.07 bits per heavy atom. The van der Waals surface area contributed by atoms with Crippen LogP contribution >= 0.6 is 0 Å². The lowest BCUT2D eigenvalue weighted by Crippen LogP contribution is -2.51. The maximum atomic E-state index is 12.6. The lowest BCUT2D eigenvalue weighted by Gasteiger charge is -2.35. The molecule has 1 atom stereocenters. The quantitative estimate of drug-likeness (QED) is 0.807. The Morgan fingerprint density at radius 2 is 1.79 bits per heavy atom. The summed E-state index contributed by atoms with van der Waals surface area (Å²) in [4.78, 5) is 28.5. The van der Waals surface area contributed by atoms with Gasteiger partial charge in [0.2, 0.25) is 5.91 Å². The van der Waals surface area contributed by atoms with Crippen LogP contribution in [0.4, 0.5) is 19.3 Å². The van der Waals surface area contributed by atoms with Crippen molar-refractivity contribution in [3.8, 4) is 0 Å². The number of amides is 3. The third-order valence-electron chi connectivity index (χ3n) is 5.43. The van der Waals surface area contributed by atoms with Gasteiger partial charge in [-0.3, -0.25) is 9.69 Å². The van der Waals surface area contributed by atoms with Gasteiger partial charge in [-0.15, -0.1) is 0 Å². The van der Waals surface area contributed by atoms with Crippen molar-refractivity contribution in [3.63, 3.8) is 0 Å². The van der Waals surface area contributed by atoms with E-state index in [0.29, 0.717) is 39.0 Å². The van der Waals surface area contributed by atoms with Crippen LogP contribution in [-0.4, -0.2) is 66.9 Å². The molecule has 2 saturated heterocycles. The Kier molecular flexibility index (Phi) is 7.19. The van der Waals surface area contributed by atoms with Gasteiger partial charge in [0.1, 0.15) is 0 Å². The Bertz CT molecular complexity index is 651. The molecule has 2 fully saturated rings. The molecule has 1 aromatic carbocycles. The van der Waals surface area contributed by atoms with Crippen LogP contribution < -0.4 is 10.6 Å². The normalized spacial score (nSPS) is 21.5. The molecule has 28 heavy (non-hydrogen) atoms. The number of benzene rings is 1. The minimum Gasteiger partial charge on any atom is -0.353 e. The molecule has 2 aliphatic heterocycles. The summed E-state index contributed by atoms with van der Waals surface area (Å²) >= 11 is 0. The van der Waals surface area contributed by atoms with Crippen molar-refractivity contribution in [3.05, 3.63) is 30.3 Å². The zero-order valence-corrected chi connectivity index (χ0v) is 15.9. The molecule has 0 bridgehead atoms. The third kappa shape index (κ3) is 5.89. The average Bonchev–Trinajstić information content (AvgIpc) is 2.70. The highest BCUT2D eigenvalue weighted by Gasteiger charge is 2.30. The highest BCUT2D eigenvalue weighted by Crippen LogP contribution is 2.19. The summed E-state index contributed by atoms with van der Waals surface area (Å²) in [7, 11) is 0. The number of nitrogens with zero attached hydrogens (tertiary/aromatic N) is 2. The van der Waals surface area contributed by atoms with Gasteiger partial charge in [0, 0.05) is 37.9 Å². The molecule has 2 N–H and O–H groups in total. The summed E-state index contributed by atoms with van der Waals surface area (Å²) in [5.74, 6) is -0.265. The highest BCUT2D eigenvalue weighted by atomic mass is 19.3. The van der Waals surface area contributed by atoms with E-state index in [2.05, 4.69) is 10.6 Å². The fourth-order valence-electron chi connectivity index (χ4n) is 3.87. The first kappa shape index (κ1) is 20.5. The van der Waals surface area contributed by atoms with E-state index in [9.17, 15) is 18.4 Å². The second kappa shape index (κ2) is 9.82. The monoisotopic (exact) mass is 394 g/mol. The molecule has 6 nitrogen and oxygen atoms in total. The fourth-order valence-corrected chi connectivity index (χ4v) is 3.87. The molecule has 2 aliphatic rings. The summed E-state index contributed by atoms with van der Waals surface area (Å²) in [5, 5.41) is 5.92. The SMILES string of the molecule is O=C(NC1CCN(CC(F)F)CC1)C1CCCN(C(=O)Nc2ccccc2)C1. The number of urea groups is 1. The minimum atomic E-state index is -2.32. The van der Waals surface area contributed by atoms with Gasteiger partial charge in [-0.1, -0.05) is 18.2 Å². The Morgan fingerprint density at radius 3 is 2.46 bits per heavy atom. The number of hydrogen-bond donors (Lipinski definition) is 2. The van der Waals surface area contributed by atoms with Crippen LogP contribution in [-0.2, 0) is 4.79 Å². The third-order valence-corrected chi connectivity index (χ3v) is 5.43. The van der Waals surface area contributed by atoms with Crippen LogP contribution in [0.25, 0.3) is 0 Å². The van der Waals surface area contributed by atoms with Crippen LogP contribution in [0.2, 0.25) is 0 Å². The van der Waals surface area contributed by atoms with E-state index in [0.717, 1.165) is 18.5 Å². The number of carbonyl (C=O) groups excluding carboxylic acids is 2. The predicted molar refractivity (Wildman–Crippen MR) is 103 cm³/mol. The molecule has 8 heteroatoms. The number of hydrogen-bond acceptors (Lipinski definition) is 3. The Labute approximate surface area is 164 Å². The van der Waals surface area contributed by atoms with Gasteiger partial charge < -0.3 is 15.5 Å². The van der Waals surface area contributed by atoms with Gasteiger partial charge >= 0.3 is 6.03 Å². The van der Waals surface area contributed by atoms with Gasteiger partial charge in [-0.2, -0.15) is 0 Å². The Balaban J connectivity index is 1.45. The van der Waals surface area contributed by atoms with Gasteiger partial charge in [0.15, 0.2) is 0 Å². The molecular weight excluding hydrogens is 366 g/mol. The number of nitrogens with one attached hydrogen (secondary N) is 2. The number of piperidine rings is 2. The molecule has 0 radical (unpaired) electrons. The van der Waals surface area contributed by atoms with Crippen molar-refractivity contribution >= 4 is 17.6 Å². The predicted octanol–water partition coefficient (Wildman–Crippen LogP) is 2.78. The molecular formula is C20H28F2N4O2. The summed E-state index contributed by atoms with van der Waals surface area (Å²) < 4.78 is 24.9. The lowest BCUT2D eigenvalue weighted by atomic mass is 9.96. The van der Waals surface area contributed by atoms with E-state index >= 15 is 0 Å². The van der Waals surface area contributed by atoms with Crippen molar-refractivity contribution in [2.75, 3.05) is 38.0 Å². The summed E-state index contributed by atoms with van der Waals surface area (Å²) in [6.07, 6.45) is 0.590. The molecule has 0 saturated carbocycles. The number of carbonyl (C=O) groups is 2. The zero-order valence-electron chi connectivity index (χ0n) is 15.9. The molecule has 3 rings (SSSR count). The first-order chi connectivity index (χ1) is 13.5. The largest absolute Gasteiger partial charge is 0.353 e. The van der Waals surface area contributed by atoms with Crippen LogP contribution in [0, 0.1) is 5.92 Å². The zero-order chi connectivity index (χ0) is 19.9. The second-order valence-corrected chi connectivity index (χ2v) is 7.56. The van der Waals surface area contributed by atoms with Crippen molar-refractivity contribution in [2.24, 2.45) is 5.92 Å². The first-order valence-corrected chi connectivity index (χ1v) is 9.93. The number of anilines is 1. The maximum Gasteiger partial charge on any atom is 0.321 e. The van der Waals surface area contributed by atoms with Gasteiger partial charge in [0.25, 0.3) is 6.43 Å². The van der Waals surface area contributed by atoms with Crippen LogP contribution in [0.15, 0.2) is 30.3 Å². The van der Waals surface area contributed by atoms with Crippen molar-refractivity contribution in [1.29, 1.82) is 0 Å². The standard InChI is InChI=1S/C20H28F2N4O2/c21-18(22)14-25-11-8-17(9-12-25)23-19(27)15-5-4-10-26(13-15)20(28)24-16-6-2-1-3-7-16/h1-3,6-7,15,17-18H,4-5,8-14H2,(H,23,27)(H,24,28). The summed E-state index contributed by atoms with van der Waals surface area (Å²) in [6, 6.07) is 9.08. The lowest BCUT2D eigenvalue weighted by molar-refractivity contribution is -0.127. The smallest absolute Gasteiger partial charge is 0.321 e. The molecule has 1 unspecified atom stereocenters. The van der Waals surface area contributed by atoms with Gasteiger partial charge in [-0.05, 0) is 37.8 Å². The number of rotatable bonds is 5. The van der Waals surface area contributed by atoms with Crippen LogP contribution in [0.3, 0.4) is 0 Å². The topological polar surface area (TPSA) is 64.7 Å². The van der Waals surface area contributed by atoms with Crippen LogP contribution in [0.1, 0.15) is 25.7 Å². The molecule has 0 aliphatic carbocycles. The summed E-state index contributed by atoms with van der Waals surface area (Å²) in [5.41, 5.74) is 0.731. The minimum absolute atomic E-state index is 0.0231. The van der Waals surface area contributed by atoms with E-state index in [1.54, 1.807) is 9.80 Å². The van der Waals surface area contributed by atoms with Crippen molar-refractivity contribution < 1.29 is 18.4 Å². The first-order valence-electron chi connectivity index (χ1n) is 9.93. The fraction of sp³-hybridized carbons (Fsp3) is 0.600. The molecule has 3 amide bonds. The van der Waals surface area contributed by atoms with E-state index in [-0.39, 0.29) is 30.4 Å². The van der Waals surface area contributed by atoms with Crippen LogP contribution in [0.5, 0.6) is 0 Å². The number of likely N-dealkylation sites (tertiary alicyclic amines) is 2. The van der Waals surface area contributed by atoms with Gasteiger partial charge in [0.05, 0.1) is 12.5 Å². The molecule has 0 aromatic heterocycles.